The van der Waals surface area contributed by atoms with Crippen LogP contribution >= 0.6 is 0 Å². The molecule has 1 saturated heterocycles. The lowest BCUT2D eigenvalue weighted by molar-refractivity contribution is 0.367. The van der Waals surface area contributed by atoms with Crippen LogP contribution in [-0.4, -0.2) is 38.0 Å². The summed E-state index contributed by atoms with van der Waals surface area (Å²) in [6, 6.07) is 10.1. The molecule has 2 aromatic heterocycles. The summed E-state index contributed by atoms with van der Waals surface area (Å²) in [7, 11) is 0. The maximum atomic E-state index is 5.39. The van der Waals surface area contributed by atoms with Gasteiger partial charge in [-0.3, -0.25) is 0 Å². The van der Waals surface area contributed by atoms with Gasteiger partial charge in [0.2, 0.25) is 0 Å². The lowest BCUT2D eigenvalue weighted by Crippen LogP contribution is -2.37. The number of hydrogen-bond donors (Lipinski definition) is 0. The van der Waals surface area contributed by atoms with Gasteiger partial charge in [0.25, 0.3) is 11.8 Å². The molecule has 4 rings (SSSR count). The van der Waals surface area contributed by atoms with E-state index in [9.17, 15) is 0 Å². The Morgan fingerprint density at radius 2 is 2.09 bits per heavy atom. The van der Waals surface area contributed by atoms with Crippen LogP contribution in [0.5, 0.6) is 0 Å². The minimum Gasteiger partial charge on any atom is -0.336 e. The summed E-state index contributed by atoms with van der Waals surface area (Å²) in [4.78, 5) is 10.7. The van der Waals surface area contributed by atoms with Gasteiger partial charge in [-0.05, 0) is 30.1 Å². The van der Waals surface area contributed by atoms with Crippen LogP contribution in [0.1, 0.15) is 18.9 Å². The molecule has 112 valence electrons. The minimum atomic E-state index is 0.301. The zero-order valence-corrected chi connectivity index (χ0v) is 12.0. The molecule has 1 fully saturated rings. The quantitative estimate of drug-likeness (QED) is 0.737. The Balaban J connectivity index is 1.53. The minimum absolute atomic E-state index is 0.301. The van der Waals surface area contributed by atoms with Crippen molar-refractivity contribution in [3.8, 4) is 11.5 Å². The van der Waals surface area contributed by atoms with Gasteiger partial charge in [-0.15, -0.1) is 0 Å². The van der Waals surface area contributed by atoms with Crippen molar-refractivity contribution in [2.45, 2.75) is 18.9 Å². The Kier molecular flexibility index (Phi) is 3.30. The van der Waals surface area contributed by atoms with Gasteiger partial charge in [0, 0.05) is 18.7 Å². The van der Waals surface area contributed by atoms with Crippen molar-refractivity contribution in [2.24, 2.45) is 0 Å². The highest BCUT2D eigenvalue weighted by atomic mass is 16.5. The van der Waals surface area contributed by atoms with Crippen LogP contribution in [-0.2, 0) is 0 Å². The number of hydrogen-bond acceptors (Lipinski definition) is 6. The van der Waals surface area contributed by atoms with E-state index in [-0.39, 0.29) is 0 Å². The second-order valence-corrected chi connectivity index (χ2v) is 5.38. The Morgan fingerprint density at radius 1 is 1.18 bits per heavy atom. The third kappa shape index (κ3) is 2.45. The molecule has 0 saturated carbocycles. The van der Waals surface area contributed by atoms with Gasteiger partial charge in [0.1, 0.15) is 12.7 Å². The average Bonchev–Trinajstić information content (AvgIpc) is 3.28. The molecule has 1 aromatic carbocycles. The summed E-state index contributed by atoms with van der Waals surface area (Å²) >= 11 is 0. The highest BCUT2D eigenvalue weighted by Gasteiger charge is 2.25. The third-order valence-corrected chi connectivity index (χ3v) is 3.93. The molecule has 3 heterocycles. The SMILES string of the molecule is c1ccc(-c2nc(N3CCCC(n4cncn4)C3)no2)cc1. The van der Waals surface area contributed by atoms with Crippen molar-refractivity contribution in [1.82, 2.24) is 24.9 Å². The summed E-state index contributed by atoms with van der Waals surface area (Å²) in [5.41, 5.74) is 0.936. The first kappa shape index (κ1) is 13.0. The lowest BCUT2D eigenvalue weighted by atomic mass is 10.1. The Bertz CT molecular complexity index is 724. The molecule has 0 spiro atoms. The number of nitrogens with zero attached hydrogens (tertiary/aromatic N) is 6. The van der Waals surface area contributed by atoms with Crippen molar-refractivity contribution in [3.63, 3.8) is 0 Å². The largest absolute Gasteiger partial charge is 0.336 e. The molecule has 0 radical (unpaired) electrons. The number of aromatic nitrogens is 5. The van der Waals surface area contributed by atoms with Crippen molar-refractivity contribution in [1.29, 1.82) is 0 Å². The molecule has 7 heteroatoms. The van der Waals surface area contributed by atoms with Crippen LogP contribution < -0.4 is 4.90 Å². The molecular weight excluding hydrogens is 280 g/mol. The van der Waals surface area contributed by atoms with Crippen LogP contribution in [0.15, 0.2) is 47.5 Å². The maximum absolute atomic E-state index is 5.39. The lowest BCUT2D eigenvalue weighted by Gasteiger charge is -2.31. The fourth-order valence-electron chi connectivity index (χ4n) is 2.80. The van der Waals surface area contributed by atoms with Crippen LogP contribution in [0.3, 0.4) is 0 Å². The first-order valence-electron chi connectivity index (χ1n) is 7.38. The standard InChI is InChI=1S/C15H16N6O/c1-2-5-12(6-3-1)14-18-15(19-22-14)20-8-4-7-13(9-20)21-11-16-10-17-21/h1-3,5-6,10-11,13H,4,7-9H2. The van der Waals surface area contributed by atoms with E-state index in [0.29, 0.717) is 17.9 Å². The molecule has 22 heavy (non-hydrogen) atoms. The number of piperidine rings is 1. The van der Waals surface area contributed by atoms with Gasteiger partial charge >= 0.3 is 0 Å². The highest BCUT2D eigenvalue weighted by Crippen LogP contribution is 2.25. The molecule has 0 aliphatic carbocycles. The molecule has 1 aliphatic rings. The molecule has 0 amide bonds. The van der Waals surface area contributed by atoms with E-state index < -0.39 is 0 Å². The molecular formula is C15H16N6O. The van der Waals surface area contributed by atoms with E-state index in [4.69, 9.17) is 4.52 Å². The molecule has 7 nitrogen and oxygen atoms in total. The van der Waals surface area contributed by atoms with Gasteiger partial charge in [-0.2, -0.15) is 10.1 Å². The van der Waals surface area contributed by atoms with E-state index >= 15 is 0 Å². The van der Waals surface area contributed by atoms with Crippen molar-refractivity contribution in [2.75, 3.05) is 18.0 Å². The van der Waals surface area contributed by atoms with Crippen molar-refractivity contribution in [3.05, 3.63) is 43.0 Å². The number of anilines is 1. The monoisotopic (exact) mass is 296 g/mol. The van der Waals surface area contributed by atoms with Gasteiger partial charge in [-0.25, -0.2) is 9.67 Å². The van der Waals surface area contributed by atoms with E-state index in [1.54, 1.807) is 12.7 Å². The van der Waals surface area contributed by atoms with Crippen molar-refractivity contribution >= 4 is 5.95 Å². The highest BCUT2D eigenvalue weighted by molar-refractivity contribution is 5.54. The summed E-state index contributed by atoms with van der Waals surface area (Å²) in [6.45, 7) is 1.75. The first-order valence-corrected chi connectivity index (χ1v) is 7.38. The van der Waals surface area contributed by atoms with E-state index in [2.05, 4.69) is 25.1 Å². The predicted molar refractivity (Wildman–Crippen MR) is 80.2 cm³/mol. The number of rotatable bonds is 3. The molecule has 0 bridgehead atoms. The zero-order chi connectivity index (χ0) is 14.8. The van der Waals surface area contributed by atoms with Crippen LogP contribution in [0.4, 0.5) is 5.95 Å². The Morgan fingerprint density at radius 3 is 2.91 bits per heavy atom. The van der Waals surface area contributed by atoms with Gasteiger partial charge in [0.05, 0.1) is 6.04 Å². The summed E-state index contributed by atoms with van der Waals surface area (Å²) < 4.78 is 7.30. The molecule has 1 atom stereocenters. The average molecular weight is 296 g/mol. The maximum Gasteiger partial charge on any atom is 0.266 e. The van der Waals surface area contributed by atoms with Crippen LogP contribution in [0.2, 0.25) is 0 Å². The normalized spacial score (nSPS) is 18.5. The van der Waals surface area contributed by atoms with Gasteiger partial charge in [0.15, 0.2) is 0 Å². The van der Waals surface area contributed by atoms with E-state index in [0.717, 1.165) is 31.5 Å². The summed E-state index contributed by atoms with van der Waals surface area (Å²) in [5, 5.41) is 8.36. The smallest absolute Gasteiger partial charge is 0.266 e. The van der Waals surface area contributed by atoms with Crippen LogP contribution in [0.25, 0.3) is 11.5 Å². The van der Waals surface area contributed by atoms with Gasteiger partial charge < -0.3 is 9.42 Å². The molecule has 0 N–H and O–H groups in total. The predicted octanol–water partition coefficient (Wildman–Crippen LogP) is 2.17. The second kappa shape index (κ2) is 5.59. The molecule has 1 unspecified atom stereocenters. The summed E-state index contributed by atoms with van der Waals surface area (Å²) in [5.74, 6) is 1.20. The number of benzene rings is 1. The van der Waals surface area contributed by atoms with E-state index in [1.165, 1.54) is 0 Å². The second-order valence-electron chi connectivity index (χ2n) is 5.38. The Hall–Kier alpha value is -2.70. The van der Waals surface area contributed by atoms with Gasteiger partial charge in [-0.1, -0.05) is 18.2 Å². The fraction of sp³-hybridized carbons (Fsp3) is 0.333. The topological polar surface area (TPSA) is 72.9 Å². The zero-order valence-electron chi connectivity index (χ0n) is 12.0. The third-order valence-electron chi connectivity index (χ3n) is 3.93. The Labute approximate surface area is 127 Å². The van der Waals surface area contributed by atoms with E-state index in [1.807, 2.05) is 35.0 Å². The fourth-order valence-corrected chi connectivity index (χ4v) is 2.80. The molecule has 1 aliphatic heterocycles. The first-order chi connectivity index (χ1) is 10.9. The summed E-state index contributed by atoms with van der Waals surface area (Å²) in [6.07, 6.45) is 5.49. The van der Waals surface area contributed by atoms with Crippen molar-refractivity contribution < 1.29 is 4.52 Å². The van der Waals surface area contributed by atoms with Crippen LogP contribution in [0, 0.1) is 0 Å². The molecule has 3 aromatic rings.